The number of fused-ring (bicyclic) bond motifs is 1. The molecule has 1 amide bonds. The van der Waals surface area contributed by atoms with Gasteiger partial charge in [-0.1, -0.05) is 30.3 Å². The summed E-state index contributed by atoms with van der Waals surface area (Å²) in [5, 5.41) is 3.22. The maximum Gasteiger partial charge on any atom is 0.234 e. The average Bonchev–Trinajstić information content (AvgIpc) is 2.95. The van der Waals surface area contributed by atoms with Crippen LogP contribution in [-0.4, -0.2) is 49.2 Å². The first-order chi connectivity index (χ1) is 11.3. The van der Waals surface area contributed by atoms with Crippen LogP contribution in [0.4, 0.5) is 0 Å². The molecule has 23 heavy (non-hydrogen) atoms. The second kappa shape index (κ2) is 6.62. The van der Waals surface area contributed by atoms with Crippen molar-refractivity contribution in [2.75, 3.05) is 26.2 Å². The van der Waals surface area contributed by atoms with Gasteiger partial charge >= 0.3 is 0 Å². The Bertz CT molecular complexity index is 540. The molecule has 4 rings (SSSR count). The maximum absolute atomic E-state index is 12.3. The van der Waals surface area contributed by atoms with E-state index in [1.807, 2.05) is 0 Å². The van der Waals surface area contributed by atoms with E-state index < -0.39 is 0 Å². The molecule has 2 saturated heterocycles. The molecule has 0 unspecified atom stereocenters. The topological polar surface area (TPSA) is 41.6 Å². The number of ether oxygens (including phenoxy) is 1. The summed E-state index contributed by atoms with van der Waals surface area (Å²) in [5.41, 5.74) is 1.44. The standard InChI is InChI=1S/C19H26N2O2/c22-19(20-17-12-18-16(17)8-11-23-18)13-21-9-6-15(7-10-21)14-4-2-1-3-5-14/h1-5,15-18H,6-13H2,(H,20,22)/t16-,17+,18+/m0/s1. The van der Waals surface area contributed by atoms with Crippen LogP contribution in [-0.2, 0) is 9.53 Å². The number of benzene rings is 1. The van der Waals surface area contributed by atoms with Crippen molar-refractivity contribution in [2.45, 2.75) is 43.7 Å². The van der Waals surface area contributed by atoms with Crippen molar-refractivity contribution >= 4 is 5.91 Å². The Morgan fingerprint density at radius 1 is 1.17 bits per heavy atom. The predicted octanol–water partition coefficient (Wildman–Crippen LogP) is 2.16. The summed E-state index contributed by atoms with van der Waals surface area (Å²) in [4.78, 5) is 14.6. The highest BCUT2D eigenvalue weighted by molar-refractivity contribution is 5.78. The van der Waals surface area contributed by atoms with Crippen LogP contribution in [0.5, 0.6) is 0 Å². The molecular weight excluding hydrogens is 288 g/mol. The van der Waals surface area contributed by atoms with Gasteiger partial charge in [0, 0.05) is 18.6 Å². The number of hydrogen-bond donors (Lipinski definition) is 1. The third-order valence-corrected chi connectivity index (χ3v) is 5.84. The number of nitrogens with one attached hydrogen (secondary N) is 1. The van der Waals surface area contributed by atoms with E-state index in [0.29, 0.717) is 30.5 Å². The van der Waals surface area contributed by atoms with Crippen molar-refractivity contribution in [1.82, 2.24) is 10.2 Å². The molecule has 1 aliphatic carbocycles. The molecule has 1 saturated carbocycles. The molecule has 3 atom stereocenters. The number of rotatable bonds is 4. The first-order valence-corrected chi connectivity index (χ1v) is 8.98. The van der Waals surface area contributed by atoms with E-state index in [-0.39, 0.29) is 5.91 Å². The normalized spacial score (nSPS) is 31.4. The third kappa shape index (κ3) is 3.29. The maximum atomic E-state index is 12.3. The Morgan fingerprint density at radius 2 is 1.96 bits per heavy atom. The minimum absolute atomic E-state index is 0.193. The van der Waals surface area contributed by atoms with Crippen molar-refractivity contribution in [3.05, 3.63) is 35.9 Å². The third-order valence-electron chi connectivity index (χ3n) is 5.84. The molecule has 124 valence electrons. The highest BCUT2D eigenvalue weighted by Crippen LogP contribution is 2.38. The molecule has 3 aliphatic rings. The Balaban J connectivity index is 1.21. The van der Waals surface area contributed by atoms with Crippen LogP contribution in [0.15, 0.2) is 30.3 Å². The summed E-state index contributed by atoms with van der Waals surface area (Å²) in [6, 6.07) is 11.1. The van der Waals surface area contributed by atoms with E-state index in [1.54, 1.807) is 0 Å². The molecule has 0 aromatic heterocycles. The quantitative estimate of drug-likeness (QED) is 0.926. The van der Waals surface area contributed by atoms with E-state index in [2.05, 4.69) is 40.5 Å². The molecule has 0 spiro atoms. The summed E-state index contributed by atoms with van der Waals surface area (Å²) in [7, 11) is 0. The minimum atomic E-state index is 0.193. The monoisotopic (exact) mass is 314 g/mol. The molecule has 1 aromatic rings. The van der Waals surface area contributed by atoms with Gasteiger partial charge in [0.1, 0.15) is 0 Å². The van der Waals surface area contributed by atoms with Crippen LogP contribution in [0.1, 0.15) is 37.2 Å². The molecule has 3 fully saturated rings. The van der Waals surface area contributed by atoms with Gasteiger partial charge in [-0.25, -0.2) is 0 Å². The summed E-state index contributed by atoms with van der Waals surface area (Å²) in [5.74, 6) is 1.42. The summed E-state index contributed by atoms with van der Waals surface area (Å²) < 4.78 is 5.61. The van der Waals surface area contributed by atoms with Crippen molar-refractivity contribution in [2.24, 2.45) is 5.92 Å². The lowest BCUT2D eigenvalue weighted by molar-refractivity contribution is -0.125. The number of carbonyl (C=O) groups is 1. The average molecular weight is 314 g/mol. The first-order valence-electron chi connectivity index (χ1n) is 8.98. The fourth-order valence-electron chi connectivity index (χ4n) is 4.37. The number of carbonyl (C=O) groups excluding carboxylic acids is 1. The molecular formula is C19H26N2O2. The molecule has 2 aliphatic heterocycles. The van der Waals surface area contributed by atoms with Gasteiger partial charge in [-0.2, -0.15) is 0 Å². The van der Waals surface area contributed by atoms with Crippen LogP contribution in [0.2, 0.25) is 0 Å². The van der Waals surface area contributed by atoms with Crippen LogP contribution < -0.4 is 5.32 Å². The Kier molecular flexibility index (Phi) is 4.36. The largest absolute Gasteiger partial charge is 0.378 e. The Hall–Kier alpha value is -1.39. The van der Waals surface area contributed by atoms with E-state index >= 15 is 0 Å². The number of amides is 1. The molecule has 1 aromatic carbocycles. The van der Waals surface area contributed by atoms with Crippen molar-refractivity contribution in [3.63, 3.8) is 0 Å². The molecule has 4 heteroatoms. The fraction of sp³-hybridized carbons (Fsp3) is 0.632. The number of likely N-dealkylation sites (tertiary alicyclic amines) is 1. The molecule has 4 nitrogen and oxygen atoms in total. The number of hydrogen-bond acceptors (Lipinski definition) is 3. The zero-order valence-electron chi connectivity index (χ0n) is 13.6. The lowest BCUT2D eigenvalue weighted by Gasteiger charge is -2.40. The second-order valence-electron chi connectivity index (χ2n) is 7.23. The molecule has 0 bridgehead atoms. The van der Waals surface area contributed by atoms with E-state index in [9.17, 15) is 4.79 Å². The Morgan fingerprint density at radius 3 is 2.70 bits per heavy atom. The van der Waals surface area contributed by atoms with Crippen LogP contribution in [0.3, 0.4) is 0 Å². The summed E-state index contributed by atoms with van der Waals surface area (Å²) in [6.45, 7) is 3.46. The van der Waals surface area contributed by atoms with Gasteiger partial charge in [0.05, 0.1) is 12.6 Å². The van der Waals surface area contributed by atoms with Crippen molar-refractivity contribution in [1.29, 1.82) is 0 Å². The minimum Gasteiger partial charge on any atom is -0.378 e. The van der Waals surface area contributed by atoms with Crippen molar-refractivity contribution < 1.29 is 9.53 Å². The van der Waals surface area contributed by atoms with Gasteiger partial charge in [-0.05, 0) is 50.3 Å². The number of nitrogens with zero attached hydrogens (tertiary/aromatic N) is 1. The van der Waals surface area contributed by atoms with Gasteiger partial charge < -0.3 is 10.1 Å². The van der Waals surface area contributed by atoms with E-state index in [1.165, 1.54) is 5.56 Å². The fourth-order valence-corrected chi connectivity index (χ4v) is 4.37. The van der Waals surface area contributed by atoms with E-state index in [0.717, 1.165) is 45.4 Å². The van der Waals surface area contributed by atoms with Gasteiger partial charge in [0.25, 0.3) is 0 Å². The lowest BCUT2D eigenvalue weighted by atomic mass is 9.76. The number of piperidine rings is 1. The van der Waals surface area contributed by atoms with Crippen LogP contribution in [0.25, 0.3) is 0 Å². The van der Waals surface area contributed by atoms with E-state index in [4.69, 9.17) is 4.74 Å². The van der Waals surface area contributed by atoms with Gasteiger partial charge in [-0.15, -0.1) is 0 Å². The predicted molar refractivity (Wildman–Crippen MR) is 89.3 cm³/mol. The lowest BCUT2D eigenvalue weighted by Crippen LogP contribution is -2.55. The van der Waals surface area contributed by atoms with Gasteiger partial charge in [-0.3, -0.25) is 9.69 Å². The highest BCUT2D eigenvalue weighted by atomic mass is 16.5. The van der Waals surface area contributed by atoms with Crippen molar-refractivity contribution in [3.8, 4) is 0 Å². The summed E-state index contributed by atoms with van der Waals surface area (Å²) in [6.07, 6.45) is 4.84. The zero-order chi connectivity index (χ0) is 15.6. The van der Waals surface area contributed by atoms with Gasteiger partial charge in [0.2, 0.25) is 5.91 Å². The van der Waals surface area contributed by atoms with Gasteiger partial charge in [0.15, 0.2) is 0 Å². The molecule has 1 N–H and O–H groups in total. The SMILES string of the molecule is O=C(CN1CCC(c2ccccc2)CC1)N[C@@H]1C[C@H]2OCC[C@@H]12. The molecule has 0 radical (unpaired) electrons. The highest BCUT2D eigenvalue weighted by Gasteiger charge is 2.45. The first kappa shape index (κ1) is 15.2. The zero-order valence-corrected chi connectivity index (χ0v) is 13.6. The molecule has 2 heterocycles. The van der Waals surface area contributed by atoms with Crippen LogP contribution >= 0.6 is 0 Å². The van der Waals surface area contributed by atoms with Crippen LogP contribution in [0, 0.1) is 5.92 Å². The Labute approximate surface area is 138 Å². The second-order valence-corrected chi connectivity index (χ2v) is 7.23. The smallest absolute Gasteiger partial charge is 0.234 e. The summed E-state index contributed by atoms with van der Waals surface area (Å²) >= 11 is 0.